The maximum Gasteiger partial charge on any atom is 0.0829 e. The Morgan fingerprint density at radius 3 is 2.56 bits per heavy atom. The number of thioether (sulfide) groups is 1. The second-order valence-electron chi connectivity index (χ2n) is 5.71. The van der Waals surface area contributed by atoms with Gasteiger partial charge in [0.1, 0.15) is 0 Å². The second-order valence-corrected chi connectivity index (χ2v) is 6.56. The predicted molar refractivity (Wildman–Crippen MR) is 78.9 cm³/mol. The lowest BCUT2D eigenvalue weighted by Crippen LogP contribution is -2.25. The fourth-order valence-electron chi connectivity index (χ4n) is 3.04. The van der Waals surface area contributed by atoms with E-state index in [-0.39, 0.29) is 6.10 Å². The number of hydrogen-bond donors (Lipinski definition) is 1. The molecule has 1 fully saturated rings. The Morgan fingerprint density at radius 1 is 1.17 bits per heavy atom. The first-order chi connectivity index (χ1) is 8.63. The molecule has 1 saturated carbocycles. The first kappa shape index (κ1) is 14.0. The van der Waals surface area contributed by atoms with Crippen molar-refractivity contribution >= 4 is 11.8 Å². The normalized spacial score (nSPS) is 30.1. The van der Waals surface area contributed by atoms with Crippen LogP contribution < -0.4 is 0 Å². The van der Waals surface area contributed by atoms with Crippen molar-refractivity contribution in [2.24, 2.45) is 17.8 Å². The molecule has 2 heteroatoms. The van der Waals surface area contributed by atoms with Crippen molar-refractivity contribution in [3.05, 3.63) is 29.8 Å². The third-order valence-corrected chi connectivity index (χ3v) is 5.35. The largest absolute Gasteiger partial charge is 0.388 e. The molecule has 0 radical (unpaired) electrons. The molecule has 2 rings (SSSR count). The van der Waals surface area contributed by atoms with Crippen molar-refractivity contribution in [2.75, 3.05) is 6.26 Å². The van der Waals surface area contributed by atoms with Gasteiger partial charge >= 0.3 is 0 Å². The topological polar surface area (TPSA) is 20.2 Å². The van der Waals surface area contributed by atoms with Crippen LogP contribution in [0.4, 0.5) is 0 Å². The summed E-state index contributed by atoms with van der Waals surface area (Å²) in [5.74, 6) is 1.98. The third-order valence-electron chi connectivity index (χ3n) is 4.54. The second kappa shape index (κ2) is 6.12. The highest BCUT2D eigenvalue weighted by Crippen LogP contribution is 2.41. The highest BCUT2D eigenvalue weighted by atomic mass is 32.2. The highest BCUT2D eigenvalue weighted by molar-refractivity contribution is 7.98. The molecule has 18 heavy (non-hydrogen) atoms. The number of hydrogen-bond acceptors (Lipinski definition) is 2. The van der Waals surface area contributed by atoms with Gasteiger partial charge in [-0.05, 0) is 48.5 Å². The maximum absolute atomic E-state index is 10.6. The molecule has 0 aliphatic heterocycles. The van der Waals surface area contributed by atoms with Crippen LogP contribution in [0, 0.1) is 17.8 Å². The standard InChI is InChI=1S/C16H24OS/c1-11-8-9-13(10-12(11)2)16(17)14-6-4-5-7-15(14)18-3/h4-7,11-13,16-17H,8-10H2,1-3H3. The van der Waals surface area contributed by atoms with Crippen LogP contribution in [0.15, 0.2) is 29.2 Å². The van der Waals surface area contributed by atoms with E-state index in [4.69, 9.17) is 0 Å². The minimum atomic E-state index is -0.288. The van der Waals surface area contributed by atoms with Gasteiger partial charge in [0.15, 0.2) is 0 Å². The van der Waals surface area contributed by atoms with Crippen LogP contribution in [0.5, 0.6) is 0 Å². The van der Waals surface area contributed by atoms with Gasteiger partial charge in [0.2, 0.25) is 0 Å². The van der Waals surface area contributed by atoms with E-state index in [2.05, 4.69) is 32.2 Å². The fourth-order valence-corrected chi connectivity index (χ4v) is 3.68. The average molecular weight is 264 g/mol. The molecule has 1 aliphatic carbocycles. The fraction of sp³-hybridized carbons (Fsp3) is 0.625. The third kappa shape index (κ3) is 2.92. The zero-order valence-electron chi connectivity index (χ0n) is 11.6. The van der Waals surface area contributed by atoms with Crippen LogP contribution in [-0.2, 0) is 0 Å². The van der Waals surface area contributed by atoms with Gasteiger partial charge in [-0.15, -0.1) is 11.8 Å². The van der Waals surface area contributed by atoms with Crippen LogP contribution >= 0.6 is 11.8 Å². The maximum atomic E-state index is 10.6. The Hall–Kier alpha value is -0.470. The summed E-state index contributed by atoms with van der Waals surface area (Å²) in [5, 5.41) is 10.6. The molecule has 1 aromatic rings. The quantitative estimate of drug-likeness (QED) is 0.810. The summed E-state index contributed by atoms with van der Waals surface area (Å²) in [5.41, 5.74) is 1.12. The lowest BCUT2D eigenvalue weighted by Gasteiger charge is -2.35. The molecule has 1 aliphatic rings. The van der Waals surface area contributed by atoms with E-state index < -0.39 is 0 Å². The van der Waals surface area contributed by atoms with Gasteiger partial charge < -0.3 is 5.11 Å². The smallest absolute Gasteiger partial charge is 0.0829 e. The van der Waals surface area contributed by atoms with Crippen LogP contribution in [0.1, 0.15) is 44.8 Å². The van der Waals surface area contributed by atoms with E-state index in [1.54, 1.807) is 11.8 Å². The molecule has 0 heterocycles. The molecule has 100 valence electrons. The molecule has 0 aromatic heterocycles. The van der Waals surface area contributed by atoms with Crippen molar-refractivity contribution in [3.8, 4) is 0 Å². The van der Waals surface area contributed by atoms with Crippen molar-refractivity contribution in [2.45, 2.75) is 44.1 Å². The van der Waals surface area contributed by atoms with Crippen LogP contribution in [-0.4, -0.2) is 11.4 Å². The number of aliphatic hydroxyl groups is 1. The van der Waals surface area contributed by atoms with Crippen LogP contribution in [0.3, 0.4) is 0 Å². The Morgan fingerprint density at radius 2 is 1.89 bits per heavy atom. The summed E-state index contributed by atoms with van der Waals surface area (Å²) < 4.78 is 0. The molecule has 0 bridgehead atoms. The van der Waals surface area contributed by atoms with E-state index in [1.165, 1.54) is 11.3 Å². The van der Waals surface area contributed by atoms with Crippen molar-refractivity contribution < 1.29 is 5.11 Å². The number of aliphatic hydroxyl groups excluding tert-OH is 1. The Balaban J connectivity index is 2.13. The summed E-state index contributed by atoms with van der Waals surface area (Å²) >= 11 is 1.73. The van der Waals surface area contributed by atoms with E-state index in [0.717, 1.165) is 30.2 Å². The van der Waals surface area contributed by atoms with Crippen molar-refractivity contribution in [3.63, 3.8) is 0 Å². The molecule has 4 atom stereocenters. The van der Waals surface area contributed by atoms with Crippen molar-refractivity contribution in [1.29, 1.82) is 0 Å². The molecule has 0 amide bonds. The molecule has 1 N–H and O–H groups in total. The minimum absolute atomic E-state index is 0.288. The molecule has 1 aromatic carbocycles. The lowest BCUT2D eigenvalue weighted by molar-refractivity contribution is 0.0543. The molecule has 0 saturated heterocycles. The van der Waals surface area contributed by atoms with E-state index in [0.29, 0.717) is 5.92 Å². The summed E-state index contributed by atoms with van der Waals surface area (Å²) in [6.45, 7) is 4.66. The van der Waals surface area contributed by atoms with Gasteiger partial charge in [-0.25, -0.2) is 0 Å². The Labute approximate surface area is 115 Å². The average Bonchev–Trinajstić information content (AvgIpc) is 2.41. The molecule has 4 unspecified atom stereocenters. The van der Waals surface area contributed by atoms with E-state index >= 15 is 0 Å². The SMILES string of the molecule is CSc1ccccc1C(O)C1CCC(C)C(C)C1. The molecule has 1 nitrogen and oxygen atoms in total. The Bertz CT molecular complexity index is 390. The van der Waals surface area contributed by atoms with Gasteiger partial charge in [0, 0.05) is 4.90 Å². The van der Waals surface area contributed by atoms with Gasteiger partial charge in [-0.2, -0.15) is 0 Å². The highest BCUT2D eigenvalue weighted by Gasteiger charge is 2.30. The molecular formula is C16H24OS. The zero-order valence-corrected chi connectivity index (χ0v) is 12.4. The predicted octanol–water partition coefficient (Wildman–Crippen LogP) is 4.51. The van der Waals surface area contributed by atoms with Crippen LogP contribution in [0.2, 0.25) is 0 Å². The van der Waals surface area contributed by atoms with Gasteiger partial charge in [0.05, 0.1) is 6.10 Å². The summed E-state index contributed by atoms with van der Waals surface area (Å²) in [4.78, 5) is 1.22. The first-order valence-corrected chi connectivity index (χ1v) is 8.17. The molecule has 0 spiro atoms. The van der Waals surface area contributed by atoms with E-state index in [9.17, 15) is 5.11 Å². The number of rotatable bonds is 3. The van der Waals surface area contributed by atoms with Crippen molar-refractivity contribution in [1.82, 2.24) is 0 Å². The first-order valence-electron chi connectivity index (χ1n) is 6.94. The number of benzene rings is 1. The van der Waals surface area contributed by atoms with E-state index in [1.807, 2.05) is 12.1 Å². The zero-order chi connectivity index (χ0) is 13.1. The summed E-state index contributed by atoms with van der Waals surface area (Å²) in [6.07, 6.45) is 5.37. The van der Waals surface area contributed by atoms with Gasteiger partial charge in [-0.1, -0.05) is 38.5 Å². The summed E-state index contributed by atoms with van der Waals surface area (Å²) in [6, 6.07) is 8.28. The van der Waals surface area contributed by atoms with Gasteiger partial charge in [-0.3, -0.25) is 0 Å². The Kier molecular flexibility index (Phi) is 4.74. The molecular weight excluding hydrogens is 240 g/mol. The van der Waals surface area contributed by atoms with Crippen LogP contribution in [0.25, 0.3) is 0 Å². The monoisotopic (exact) mass is 264 g/mol. The lowest BCUT2D eigenvalue weighted by atomic mass is 9.73. The van der Waals surface area contributed by atoms with Gasteiger partial charge in [0.25, 0.3) is 0 Å². The summed E-state index contributed by atoms with van der Waals surface area (Å²) in [7, 11) is 0. The minimum Gasteiger partial charge on any atom is -0.388 e.